The van der Waals surface area contributed by atoms with Crippen molar-refractivity contribution in [3.05, 3.63) is 47.7 Å². The fourth-order valence-electron chi connectivity index (χ4n) is 1.51. The van der Waals surface area contributed by atoms with Crippen molar-refractivity contribution in [1.82, 2.24) is 9.97 Å². The van der Waals surface area contributed by atoms with E-state index in [2.05, 4.69) is 9.97 Å². The smallest absolute Gasteiger partial charge is 0.126 e. The maximum atomic E-state index is 5.94. The topological polar surface area (TPSA) is 25.8 Å². The van der Waals surface area contributed by atoms with Crippen molar-refractivity contribution >= 4 is 33.2 Å². The second-order valence-corrected chi connectivity index (χ2v) is 4.84. The number of nitrogens with zero attached hydrogens (tertiary/aromatic N) is 2. The van der Waals surface area contributed by atoms with Crippen LogP contribution in [0.4, 0.5) is 0 Å². The second kappa shape index (κ2) is 3.85. The van der Waals surface area contributed by atoms with Crippen LogP contribution in [-0.4, -0.2) is 9.97 Å². The average molecular weight is 247 g/mol. The number of benzene rings is 1. The number of fused-ring (bicyclic) bond motifs is 1. The van der Waals surface area contributed by atoms with Gasteiger partial charge in [-0.25, -0.2) is 4.98 Å². The summed E-state index contributed by atoms with van der Waals surface area (Å²) < 4.78 is 1.10. The molecule has 2 aromatic heterocycles. The van der Waals surface area contributed by atoms with Crippen LogP contribution in [0, 0.1) is 0 Å². The standard InChI is InChI=1S/C12H7ClN2S/c13-9-3-4-10-11(6-9)16-12(15-10)8-2-1-5-14-7-8/h1-7H. The number of rotatable bonds is 1. The normalized spacial score (nSPS) is 10.8. The van der Waals surface area contributed by atoms with E-state index >= 15 is 0 Å². The zero-order valence-electron chi connectivity index (χ0n) is 8.22. The molecule has 0 bridgehead atoms. The third-order valence-corrected chi connectivity index (χ3v) is 3.56. The Balaban J connectivity index is 2.19. The lowest BCUT2D eigenvalue weighted by Crippen LogP contribution is -1.76. The molecule has 3 rings (SSSR count). The first-order valence-electron chi connectivity index (χ1n) is 4.79. The third-order valence-electron chi connectivity index (χ3n) is 2.26. The molecule has 2 nitrogen and oxygen atoms in total. The Morgan fingerprint density at radius 3 is 2.94 bits per heavy atom. The maximum Gasteiger partial charge on any atom is 0.126 e. The summed E-state index contributed by atoms with van der Waals surface area (Å²) in [6.45, 7) is 0. The van der Waals surface area contributed by atoms with Gasteiger partial charge in [0.25, 0.3) is 0 Å². The fourth-order valence-corrected chi connectivity index (χ4v) is 2.74. The fraction of sp³-hybridized carbons (Fsp3) is 0. The summed E-state index contributed by atoms with van der Waals surface area (Å²) in [4.78, 5) is 8.63. The van der Waals surface area contributed by atoms with Crippen LogP contribution in [0.2, 0.25) is 5.02 Å². The van der Waals surface area contributed by atoms with Crippen molar-refractivity contribution < 1.29 is 0 Å². The summed E-state index contributed by atoms with van der Waals surface area (Å²) in [5, 5.41) is 1.72. The summed E-state index contributed by atoms with van der Waals surface area (Å²) in [5.74, 6) is 0. The number of halogens is 1. The van der Waals surface area contributed by atoms with Gasteiger partial charge >= 0.3 is 0 Å². The highest BCUT2D eigenvalue weighted by Crippen LogP contribution is 2.31. The molecule has 78 valence electrons. The maximum absolute atomic E-state index is 5.94. The Morgan fingerprint density at radius 1 is 1.19 bits per heavy atom. The van der Waals surface area contributed by atoms with Crippen LogP contribution in [0.15, 0.2) is 42.7 Å². The van der Waals surface area contributed by atoms with Crippen molar-refractivity contribution in [3.63, 3.8) is 0 Å². The van der Waals surface area contributed by atoms with Crippen LogP contribution < -0.4 is 0 Å². The van der Waals surface area contributed by atoms with E-state index in [1.54, 1.807) is 17.5 Å². The molecule has 0 radical (unpaired) electrons. The number of hydrogen-bond donors (Lipinski definition) is 0. The van der Waals surface area contributed by atoms with Crippen LogP contribution in [0.1, 0.15) is 0 Å². The molecule has 0 N–H and O–H groups in total. The lowest BCUT2D eigenvalue weighted by molar-refractivity contribution is 1.32. The molecule has 4 heteroatoms. The molecular weight excluding hydrogens is 240 g/mol. The minimum absolute atomic E-state index is 0.744. The SMILES string of the molecule is Clc1ccc2nc(-c3cccnc3)sc2c1. The van der Waals surface area contributed by atoms with Crippen LogP contribution in [0.5, 0.6) is 0 Å². The summed E-state index contributed by atoms with van der Waals surface area (Å²) in [5.41, 5.74) is 2.02. The first-order valence-corrected chi connectivity index (χ1v) is 5.99. The van der Waals surface area contributed by atoms with Crippen molar-refractivity contribution in [2.75, 3.05) is 0 Å². The molecule has 0 amide bonds. The van der Waals surface area contributed by atoms with Crippen molar-refractivity contribution in [3.8, 4) is 10.6 Å². The van der Waals surface area contributed by atoms with Gasteiger partial charge in [0.05, 0.1) is 10.2 Å². The van der Waals surface area contributed by atoms with Crippen molar-refractivity contribution in [2.45, 2.75) is 0 Å². The average Bonchev–Trinajstić information content (AvgIpc) is 2.73. The second-order valence-electron chi connectivity index (χ2n) is 3.37. The van der Waals surface area contributed by atoms with Gasteiger partial charge in [0, 0.05) is 23.0 Å². The van der Waals surface area contributed by atoms with Crippen molar-refractivity contribution in [1.29, 1.82) is 0 Å². The lowest BCUT2D eigenvalue weighted by Gasteiger charge is -1.91. The van der Waals surface area contributed by atoms with E-state index in [1.807, 2.05) is 36.5 Å². The molecule has 0 fully saturated rings. The summed E-state index contributed by atoms with van der Waals surface area (Å²) in [6, 6.07) is 9.65. The van der Waals surface area contributed by atoms with Gasteiger partial charge in [-0.05, 0) is 30.3 Å². The molecule has 0 unspecified atom stereocenters. The Bertz CT molecular complexity index is 634. The monoisotopic (exact) mass is 246 g/mol. The highest BCUT2D eigenvalue weighted by molar-refractivity contribution is 7.21. The van der Waals surface area contributed by atoms with Crippen LogP contribution in [0.3, 0.4) is 0 Å². The molecule has 0 spiro atoms. The molecule has 1 aromatic carbocycles. The van der Waals surface area contributed by atoms with Gasteiger partial charge < -0.3 is 0 Å². The third kappa shape index (κ3) is 1.68. The molecule has 0 saturated carbocycles. The minimum Gasteiger partial charge on any atom is -0.264 e. The van der Waals surface area contributed by atoms with Gasteiger partial charge in [0.1, 0.15) is 5.01 Å². The predicted octanol–water partition coefficient (Wildman–Crippen LogP) is 4.01. The zero-order valence-corrected chi connectivity index (χ0v) is 9.79. The molecular formula is C12H7ClN2S. The zero-order chi connectivity index (χ0) is 11.0. The highest BCUT2D eigenvalue weighted by Gasteiger charge is 2.06. The molecule has 2 heterocycles. The Hall–Kier alpha value is -1.45. The van der Waals surface area contributed by atoms with Gasteiger partial charge in [0.15, 0.2) is 0 Å². The molecule has 0 aliphatic rings. The molecule has 3 aromatic rings. The van der Waals surface area contributed by atoms with Gasteiger partial charge in [-0.2, -0.15) is 0 Å². The van der Waals surface area contributed by atoms with E-state index < -0.39 is 0 Å². The summed E-state index contributed by atoms with van der Waals surface area (Å²) in [7, 11) is 0. The summed E-state index contributed by atoms with van der Waals surface area (Å²) >= 11 is 7.57. The number of thiazole rings is 1. The van der Waals surface area contributed by atoms with E-state index in [-0.39, 0.29) is 0 Å². The largest absolute Gasteiger partial charge is 0.264 e. The highest BCUT2D eigenvalue weighted by atomic mass is 35.5. The first kappa shape index (κ1) is 9.75. The quantitative estimate of drug-likeness (QED) is 0.648. The number of aromatic nitrogens is 2. The van der Waals surface area contributed by atoms with Crippen LogP contribution in [0.25, 0.3) is 20.8 Å². The number of pyridine rings is 1. The first-order chi connectivity index (χ1) is 7.83. The molecule has 0 saturated heterocycles. The Kier molecular flexibility index (Phi) is 2.35. The van der Waals surface area contributed by atoms with E-state index in [0.717, 1.165) is 25.8 Å². The van der Waals surface area contributed by atoms with Gasteiger partial charge in [-0.15, -0.1) is 11.3 Å². The minimum atomic E-state index is 0.744. The lowest BCUT2D eigenvalue weighted by atomic mass is 10.3. The van der Waals surface area contributed by atoms with Crippen molar-refractivity contribution in [2.24, 2.45) is 0 Å². The van der Waals surface area contributed by atoms with Gasteiger partial charge in [-0.3, -0.25) is 4.98 Å². The Labute approximate surface area is 102 Å². The van der Waals surface area contributed by atoms with Gasteiger partial charge in [0.2, 0.25) is 0 Å². The summed E-state index contributed by atoms with van der Waals surface area (Å²) in [6.07, 6.45) is 3.58. The van der Waals surface area contributed by atoms with Crippen LogP contribution in [-0.2, 0) is 0 Å². The Morgan fingerprint density at radius 2 is 2.12 bits per heavy atom. The molecule has 0 aliphatic heterocycles. The number of hydrogen-bond acceptors (Lipinski definition) is 3. The van der Waals surface area contributed by atoms with E-state index in [4.69, 9.17) is 11.6 Å². The van der Waals surface area contributed by atoms with Crippen LogP contribution >= 0.6 is 22.9 Å². The van der Waals surface area contributed by atoms with E-state index in [9.17, 15) is 0 Å². The van der Waals surface area contributed by atoms with E-state index in [0.29, 0.717) is 0 Å². The molecule has 0 aliphatic carbocycles. The predicted molar refractivity (Wildman–Crippen MR) is 67.9 cm³/mol. The van der Waals surface area contributed by atoms with E-state index in [1.165, 1.54) is 0 Å². The molecule has 0 atom stereocenters. The van der Waals surface area contributed by atoms with Gasteiger partial charge in [-0.1, -0.05) is 11.6 Å². The molecule has 16 heavy (non-hydrogen) atoms.